The molecule has 0 radical (unpaired) electrons. The zero-order valence-corrected chi connectivity index (χ0v) is 13.7. The van der Waals surface area contributed by atoms with Gasteiger partial charge >= 0.3 is 0 Å². The summed E-state index contributed by atoms with van der Waals surface area (Å²) in [6, 6.07) is 2.79. The Hall–Kier alpha value is -0.490. The maximum absolute atomic E-state index is 12.6. The molecule has 0 saturated carbocycles. The lowest BCUT2D eigenvalue weighted by atomic mass is 10.0. The largest absolute Gasteiger partial charge is 0.495 e. The zero-order valence-electron chi connectivity index (χ0n) is 11.4. The summed E-state index contributed by atoms with van der Waals surface area (Å²) in [5, 5.41) is 0.366. The fraction of sp³-hybridized carbons (Fsp3) is 0.538. The van der Waals surface area contributed by atoms with E-state index in [0.29, 0.717) is 24.8 Å². The monoisotopic (exact) mass is 337 g/mol. The molecule has 1 aliphatic heterocycles. The van der Waals surface area contributed by atoms with E-state index in [2.05, 4.69) is 0 Å². The number of methoxy groups -OCH3 is 1. The molecule has 1 atom stereocenters. The summed E-state index contributed by atoms with van der Waals surface area (Å²) >= 11 is 12.1. The van der Waals surface area contributed by atoms with Crippen molar-refractivity contribution in [1.82, 2.24) is 4.31 Å². The molecule has 0 spiro atoms. The second-order valence-corrected chi connectivity index (χ2v) is 7.75. The van der Waals surface area contributed by atoms with Crippen molar-refractivity contribution >= 4 is 33.2 Å². The summed E-state index contributed by atoms with van der Waals surface area (Å²) in [4.78, 5) is 0.0408. The van der Waals surface area contributed by atoms with E-state index < -0.39 is 10.0 Å². The lowest BCUT2D eigenvalue weighted by molar-refractivity contribution is 0.281. The van der Waals surface area contributed by atoms with E-state index in [1.54, 1.807) is 0 Å². The summed E-state index contributed by atoms with van der Waals surface area (Å²) < 4.78 is 31.8. The molecule has 0 bridgehead atoms. The van der Waals surface area contributed by atoms with Crippen LogP contribution < -0.4 is 4.74 Å². The van der Waals surface area contributed by atoms with Gasteiger partial charge in [0.15, 0.2) is 0 Å². The molecule has 1 saturated heterocycles. The first kappa shape index (κ1) is 15.9. The molecule has 4 nitrogen and oxygen atoms in total. The third kappa shape index (κ3) is 3.06. The highest BCUT2D eigenvalue weighted by Crippen LogP contribution is 2.35. The second kappa shape index (κ2) is 6.10. The Morgan fingerprint density at radius 2 is 2.00 bits per heavy atom. The summed E-state index contributed by atoms with van der Waals surface area (Å²) in [7, 11) is -2.16. The Kier molecular flexibility index (Phi) is 4.84. The van der Waals surface area contributed by atoms with Crippen molar-refractivity contribution in [3.63, 3.8) is 0 Å². The highest BCUT2D eigenvalue weighted by molar-refractivity contribution is 7.89. The van der Waals surface area contributed by atoms with Crippen molar-refractivity contribution in [1.29, 1.82) is 0 Å². The van der Waals surface area contributed by atoms with Gasteiger partial charge in [-0.05, 0) is 24.8 Å². The molecule has 0 amide bonds. The van der Waals surface area contributed by atoms with Gasteiger partial charge in [-0.1, -0.05) is 30.1 Å². The van der Waals surface area contributed by atoms with Crippen molar-refractivity contribution in [3.05, 3.63) is 22.2 Å². The molecular formula is C13H17Cl2NO3S. The van der Waals surface area contributed by atoms with E-state index in [1.807, 2.05) is 6.92 Å². The number of hydrogen-bond acceptors (Lipinski definition) is 3. The Bertz CT molecular complexity index is 604. The lowest BCUT2D eigenvalue weighted by Gasteiger charge is -2.30. The lowest BCUT2D eigenvalue weighted by Crippen LogP contribution is -2.39. The third-order valence-electron chi connectivity index (χ3n) is 3.44. The maximum atomic E-state index is 12.6. The first-order valence-electron chi connectivity index (χ1n) is 6.39. The Labute approximate surface area is 129 Å². The number of piperidine rings is 1. The Balaban J connectivity index is 2.41. The van der Waals surface area contributed by atoms with E-state index in [9.17, 15) is 8.42 Å². The molecule has 1 aliphatic rings. The molecular weight excluding hydrogens is 321 g/mol. The molecule has 1 aromatic carbocycles. The highest BCUT2D eigenvalue weighted by atomic mass is 35.5. The van der Waals surface area contributed by atoms with Crippen LogP contribution in [0, 0.1) is 5.92 Å². The number of ether oxygens (including phenoxy) is 1. The summed E-state index contributed by atoms with van der Waals surface area (Å²) in [5.41, 5.74) is 0. The first-order chi connectivity index (χ1) is 9.36. The summed E-state index contributed by atoms with van der Waals surface area (Å²) in [5.74, 6) is 0.716. The van der Waals surface area contributed by atoms with E-state index in [4.69, 9.17) is 27.9 Å². The standard InChI is InChI=1S/C13H17Cl2NO3S/c1-9-4-3-5-16(8-9)20(17,18)13-7-10(14)12(19-2)6-11(13)15/h6-7,9H,3-5,8H2,1-2H3/t9-/m0/s1. The molecule has 1 fully saturated rings. The quantitative estimate of drug-likeness (QED) is 0.848. The van der Waals surface area contributed by atoms with Crippen molar-refractivity contribution < 1.29 is 13.2 Å². The smallest absolute Gasteiger partial charge is 0.244 e. The van der Waals surface area contributed by atoms with Crippen LogP contribution >= 0.6 is 23.2 Å². The minimum Gasteiger partial charge on any atom is -0.495 e. The fourth-order valence-electron chi connectivity index (χ4n) is 2.37. The van der Waals surface area contributed by atoms with E-state index in [-0.39, 0.29) is 14.9 Å². The number of nitrogens with zero attached hydrogens (tertiary/aromatic N) is 1. The average Bonchev–Trinajstić information content (AvgIpc) is 2.40. The van der Waals surface area contributed by atoms with Crippen molar-refractivity contribution in [2.75, 3.05) is 20.2 Å². The van der Waals surface area contributed by atoms with Crippen LogP contribution in [0.2, 0.25) is 10.0 Å². The minimum absolute atomic E-state index is 0.0408. The van der Waals surface area contributed by atoms with Crippen LogP contribution in [0.3, 0.4) is 0 Å². The van der Waals surface area contributed by atoms with Crippen LogP contribution in [0.15, 0.2) is 17.0 Å². The first-order valence-corrected chi connectivity index (χ1v) is 8.59. The Morgan fingerprint density at radius 3 is 2.60 bits per heavy atom. The van der Waals surface area contributed by atoms with Gasteiger partial charge in [0.05, 0.1) is 17.2 Å². The summed E-state index contributed by atoms with van der Waals surface area (Å²) in [6.45, 7) is 3.08. The molecule has 0 unspecified atom stereocenters. The van der Waals surface area contributed by atoms with Crippen LogP contribution in [-0.4, -0.2) is 32.9 Å². The molecule has 1 aromatic rings. The minimum atomic E-state index is -3.61. The van der Waals surface area contributed by atoms with Crippen molar-refractivity contribution in [2.24, 2.45) is 5.92 Å². The van der Waals surface area contributed by atoms with E-state index >= 15 is 0 Å². The Morgan fingerprint density at radius 1 is 1.30 bits per heavy atom. The van der Waals surface area contributed by atoms with E-state index in [1.165, 1.54) is 23.5 Å². The number of rotatable bonds is 3. The van der Waals surface area contributed by atoms with Crippen LogP contribution in [0.25, 0.3) is 0 Å². The van der Waals surface area contributed by atoms with Gasteiger partial charge in [-0.2, -0.15) is 4.31 Å². The summed E-state index contributed by atoms with van der Waals surface area (Å²) in [6.07, 6.45) is 1.91. The molecule has 112 valence electrons. The van der Waals surface area contributed by atoms with Gasteiger partial charge < -0.3 is 4.74 Å². The molecule has 1 heterocycles. The topological polar surface area (TPSA) is 46.6 Å². The van der Waals surface area contributed by atoms with Crippen LogP contribution in [0.1, 0.15) is 19.8 Å². The van der Waals surface area contributed by atoms with Gasteiger partial charge in [0.25, 0.3) is 0 Å². The average molecular weight is 338 g/mol. The van der Waals surface area contributed by atoms with Gasteiger partial charge in [0.1, 0.15) is 10.6 Å². The molecule has 0 N–H and O–H groups in total. The molecule has 0 aromatic heterocycles. The predicted molar refractivity (Wildman–Crippen MR) is 80.2 cm³/mol. The van der Waals surface area contributed by atoms with Gasteiger partial charge in [0, 0.05) is 19.2 Å². The van der Waals surface area contributed by atoms with Gasteiger partial charge in [0.2, 0.25) is 10.0 Å². The SMILES string of the molecule is COc1cc(Cl)c(S(=O)(=O)N2CCC[C@H](C)C2)cc1Cl. The number of sulfonamides is 1. The van der Waals surface area contributed by atoms with Crippen LogP contribution in [0.4, 0.5) is 0 Å². The molecule has 0 aliphatic carbocycles. The van der Waals surface area contributed by atoms with Crippen molar-refractivity contribution in [3.8, 4) is 5.75 Å². The van der Waals surface area contributed by atoms with E-state index in [0.717, 1.165) is 12.8 Å². The third-order valence-corrected chi connectivity index (χ3v) is 6.07. The van der Waals surface area contributed by atoms with Crippen LogP contribution in [0.5, 0.6) is 5.75 Å². The van der Waals surface area contributed by atoms with Crippen LogP contribution in [-0.2, 0) is 10.0 Å². The number of hydrogen-bond donors (Lipinski definition) is 0. The maximum Gasteiger partial charge on any atom is 0.244 e. The number of benzene rings is 1. The van der Waals surface area contributed by atoms with Gasteiger partial charge in [-0.15, -0.1) is 0 Å². The normalized spacial score (nSPS) is 20.9. The number of halogens is 2. The molecule has 2 rings (SSSR count). The molecule has 20 heavy (non-hydrogen) atoms. The zero-order chi connectivity index (χ0) is 14.9. The van der Waals surface area contributed by atoms with Crippen molar-refractivity contribution in [2.45, 2.75) is 24.7 Å². The predicted octanol–water partition coefficient (Wildman–Crippen LogP) is 3.42. The van der Waals surface area contributed by atoms with Gasteiger partial charge in [-0.25, -0.2) is 8.42 Å². The molecule has 7 heteroatoms. The second-order valence-electron chi connectivity index (χ2n) is 5.03. The fourth-order valence-corrected chi connectivity index (χ4v) is 4.79. The highest BCUT2D eigenvalue weighted by Gasteiger charge is 2.31. The van der Waals surface area contributed by atoms with Gasteiger partial charge in [-0.3, -0.25) is 0 Å².